The second-order valence-corrected chi connectivity index (χ2v) is 6.64. The molecule has 0 spiro atoms. The summed E-state index contributed by atoms with van der Waals surface area (Å²) in [6.45, 7) is -0.494. The topological polar surface area (TPSA) is 102 Å². The highest BCUT2D eigenvalue weighted by atomic mass is 16.5. The Kier molecular flexibility index (Phi) is 6.08. The van der Waals surface area contributed by atoms with Crippen LogP contribution in [0.1, 0.15) is 19.3 Å². The number of imide groups is 1. The van der Waals surface area contributed by atoms with Crippen LogP contribution in [0.2, 0.25) is 0 Å². The van der Waals surface area contributed by atoms with Gasteiger partial charge in [0.2, 0.25) is 11.8 Å². The van der Waals surface area contributed by atoms with Crippen molar-refractivity contribution in [2.75, 3.05) is 25.6 Å². The fourth-order valence-electron chi connectivity index (χ4n) is 3.44. The van der Waals surface area contributed by atoms with Crippen LogP contribution in [-0.4, -0.2) is 48.9 Å². The Balaban J connectivity index is 1.44. The van der Waals surface area contributed by atoms with Gasteiger partial charge in [0.25, 0.3) is 5.91 Å². The van der Waals surface area contributed by atoms with Gasteiger partial charge in [0.15, 0.2) is 6.61 Å². The van der Waals surface area contributed by atoms with Crippen LogP contribution in [0.25, 0.3) is 0 Å². The SMILES string of the molecule is COc1ccccc1NC(=O)COC(=O)CCN1C(=O)[C@H]2CC=CC[C@@H]2C1=O. The number of carbonyl (C=O) groups is 4. The van der Waals surface area contributed by atoms with E-state index in [1.807, 2.05) is 12.2 Å². The fourth-order valence-corrected chi connectivity index (χ4v) is 3.44. The van der Waals surface area contributed by atoms with Crippen LogP contribution < -0.4 is 10.1 Å². The number of carbonyl (C=O) groups excluding carboxylic acids is 4. The largest absolute Gasteiger partial charge is 0.495 e. The Morgan fingerprint density at radius 1 is 1.11 bits per heavy atom. The van der Waals surface area contributed by atoms with Crippen LogP contribution in [0.3, 0.4) is 0 Å². The molecular formula is C20H22N2O6. The molecular weight excluding hydrogens is 364 g/mol. The Morgan fingerprint density at radius 2 is 1.75 bits per heavy atom. The summed E-state index contributed by atoms with van der Waals surface area (Å²) in [5.74, 6) is -1.78. The van der Waals surface area contributed by atoms with Crippen molar-refractivity contribution in [2.24, 2.45) is 11.8 Å². The fraction of sp³-hybridized carbons (Fsp3) is 0.400. The Hall–Kier alpha value is -3.16. The van der Waals surface area contributed by atoms with Gasteiger partial charge in [-0.05, 0) is 25.0 Å². The normalized spacial score (nSPS) is 20.7. The highest BCUT2D eigenvalue weighted by molar-refractivity contribution is 6.05. The smallest absolute Gasteiger partial charge is 0.308 e. The van der Waals surface area contributed by atoms with Crippen molar-refractivity contribution in [1.82, 2.24) is 4.90 Å². The summed E-state index contributed by atoms with van der Waals surface area (Å²) in [5, 5.41) is 2.60. The second-order valence-electron chi connectivity index (χ2n) is 6.64. The number of allylic oxidation sites excluding steroid dienone is 2. The number of benzene rings is 1. The lowest BCUT2D eigenvalue weighted by molar-refractivity contribution is -0.148. The zero-order chi connectivity index (χ0) is 20.1. The number of amides is 3. The maximum atomic E-state index is 12.3. The first kappa shape index (κ1) is 19.6. The predicted molar refractivity (Wildman–Crippen MR) is 99.3 cm³/mol. The highest BCUT2D eigenvalue weighted by Crippen LogP contribution is 2.35. The van der Waals surface area contributed by atoms with Gasteiger partial charge >= 0.3 is 5.97 Å². The molecule has 28 heavy (non-hydrogen) atoms. The van der Waals surface area contributed by atoms with Gasteiger partial charge in [0, 0.05) is 6.54 Å². The Morgan fingerprint density at radius 3 is 2.39 bits per heavy atom. The molecule has 1 aliphatic carbocycles. The minimum atomic E-state index is -0.649. The molecule has 148 valence electrons. The molecule has 0 unspecified atom stereocenters. The van der Waals surface area contributed by atoms with Crippen LogP contribution in [-0.2, 0) is 23.9 Å². The van der Waals surface area contributed by atoms with Crippen molar-refractivity contribution in [3.63, 3.8) is 0 Å². The summed E-state index contributed by atoms with van der Waals surface area (Å²) in [6.07, 6.45) is 4.78. The molecule has 1 aromatic rings. The number of nitrogens with zero attached hydrogens (tertiary/aromatic N) is 1. The molecule has 1 saturated heterocycles. The maximum Gasteiger partial charge on any atom is 0.308 e. The molecule has 1 heterocycles. The van der Waals surface area contributed by atoms with E-state index in [0.717, 1.165) is 4.90 Å². The molecule has 2 aliphatic rings. The van der Waals surface area contributed by atoms with Crippen LogP contribution in [0.4, 0.5) is 5.69 Å². The van der Waals surface area contributed by atoms with Gasteiger partial charge in [-0.15, -0.1) is 0 Å². The quantitative estimate of drug-likeness (QED) is 0.433. The number of ether oxygens (including phenoxy) is 2. The van der Waals surface area contributed by atoms with Crippen molar-refractivity contribution in [2.45, 2.75) is 19.3 Å². The molecule has 2 atom stereocenters. The first-order valence-corrected chi connectivity index (χ1v) is 9.10. The van der Waals surface area contributed by atoms with Crippen LogP contribution in [0, 0.1) is 11.8 Å². The molecule has 3 amide bonds. The summed E-state index contributed by atoms with van der Waals surface area (Å²) >= 11 is 0. The second kappa shape index (κ2) is 8.69. The molecule has 0 radical (unpaired) electrons. The number of para-hydroxylation sites is 2. The van der Waals surface area contributed by atoms with Gasteiger partial charge in [0.05, 0.1) is 31.1 Å². The number of hydrogen-bond acceptors (Lipinski definition) is 6. The minimum Gasteiger partial charge on any atom is -0.495 e. The minimum absolute atomic E-state index is 0.0301. The lowest BCUT2D eigenvalue weighted by Gasteiger charge is -2.14. The van der Waals surface area contributed by atoms with E-state index in [4.69, 9.17) is 9.47 Å². The maximum absolute atomic E-state index is 12.3. The van der Waals surface area contributed by atoms with Crippen molar-refractivity contribution in [3.8, 4) is 5.75 Å². The number of anilines is 1. The summed E-state index contributed by atoms with van der Waals surface area (Å²) in [6, 6.07) is 6.86. The van der Waals surface area contributed by atoms with Crippen molar-refractivity contribution in [3.05, 3.63) is 36.4 Å². The van der Waals surface area contributed by atoms with E-state index in [0.29, 0.717) is 24.3 Å². The van der Waals surface area contributed by atoms with E-state index in [-0.39, 0.29) is 36.6 Å². The van der Waals surface area contributed by atoms with Crippen molar-refractivity contribution >= 4 is 29.4 Å². The number of likely N-dealkylation sites (tertiary alicyclic amines) is 1. The average molecular weight is 386 g/mol. The number of rotatable bonds is 7. The third kappa shape index (κ3) is 4.21. The summed E-state index contributed by atoms with van der Waals surface area (Å²) in [4.78, 5) is 49.7. The van der Waals surface area contributed by atoms with Crippen LogP contribution in [0.5, 0.6) is 5.75 Å². The third-order valence-corrected chi connectivity index (χ3v) is 4.88. The number of hydrogen-bond donors (Lipinski definition) is 1. The summed E-state index contributed by atoms with van der Waals surface area (Å²) in [7, 11) is 1.48. The predicted octanol–water partition coefficient (Wildman–Crippen LogP) is 1.52. The van der Waals surface area contributed by atoms with Crippen LogP contribution in [0.15, 0.2) is 36.4 Å². The molecule has 8 nitrogen and oxygen atoms in total. The van der Waals surface area contributed by atoms with Crippen molar-refractivity contribution in [1.29, 1.82) is 0 Å². The van der Waals surface area contributed by atoms with E-state index in [1.54, 1.807) is 24.3 Å². The molecule has 1 N–H and O–H groups in total. The van der Waals surface area contributed by atoms with E-state index < -0.39 is 18.5 Å². The number of nitrogens with one attached hydrogen (secondary N) is 1. The van der Waals surface area contributed by atoms with Gasteiger partial charge in [-0.2, -0.15) is 0 Å². The molecule has 1 fully saturated rings. The molecule has 0 saturated carbocycles. The monoisotopic (exact) mass is 386 g/mol. The molecule has 0 bridgehead atoms. The van der Waals surface area contributed by atoms with E-state index in [1.165, 1.54) is 7.11 Å². The van der Waals surface area contributed by atoms with Gasteiger partial charge in [0.1, 0.15) is 5.75 Å². The lowest BCUT2D eigenvalue weighted by Crippen LogP contribution is -2.33. The van der Waals surface area contributed by atoms with E-state index in [9.17, 15) is 19.2 Å². The van der Waals surface area contributed by atoms with Gasteiger partial charge in [-0.1, -0.05) is 24.3 Å². The van der Waals surface area contributed by atoms with Crippen LogP contribution >= 0.6 is 0 Å². The highest BCUT2D eigenvalue weighted by Gasteiger charge is 2.46. The lowest BCUT2D eigenvalue weighted by atomic mass is 9.85. The molecule has 3 rings (SSSR count). The summed E-state index contributed by atoms with van der Waals surface area (Å²) in [5.41, 5.74) is 0.468. The zero-order valence-corrected chi connectivity index (χ0v) is 15.6. The number of fused-ring (bicyclic) bond motifs is 1. The van der Waals surface area contributed by atoms with E-state index in [2.05, 4.69) is 5.32 Å². The molecule has 1 aromatic carbocycles. The number of methoxy groups -OCH3 is 1. The number of esters is 1. The average Bonchev–Trinajstić information content (AvgIpc) is 2.95. The van der Waals surface area contributed by atoms with E-state index >= 15 is 0 Å². The Bertz CT molecular complexity index is 793. The third-order valence-electron chi connectivity index (χ3n) is 4.88. The van der Waals surface area contributed by atoms with Gasteiger partial charge in [-0.3, -0.25) is 24.1 Å². The van der Waals surface area contributed by atoms with Gasteiger partial charge < -0.3 is 14.8 Å². The first-order valence-electron chi connectivity index (χ1n) is 9.10. The summed E-state index contributed by atoms with van der Waals surface area (Å²) < 4.78 is 10.1. The zero-order valence-electron chi connectivity index (χ0n) is 15.6. The Labute approximate surface area is 162 Å². The van der Waals surface area contributed by atoms with Gasteiger partial charge in [-0.25, -0.2) is 0 Å². The molecule has 1 aliphatic heterocycles. The first-order chi connectivity index (χ1) is 13.5. The molecule has 8 heteroatoms. The van der Waals surface area contributed by atoms with Crippen molar-refractivity contribution < 1.29 is 28.7 Å². The molecule has 0 aromatic heterocycles. The standard InChI is InChI=1S/C20H22N2O6/c1-27-16-9-5-4-8-15(16)21-17(23)12-28-18(24)10-11-22-19(25)13-6-2-3-7-14(13)20(22)26/h2-5,8-9,13-14H,6-7,10-12H2,1H3,(H,21,23)/t13-,14-/m0/s1.